The van der Waals surface area contributed by atoms with Crippen molar-refractivity contribution in [3.05, 3.63) is 48.4 Å². The summed E-state index contributed by atoms with van der Waals surface area (Å²) in [6.07, 6.45) is -1.98. The fourth-order valence-electron chi connectivity index (χ4n) is 4.17. The van der Waals surface area contributed by atoms with E-state index in [2.05, 4.69) is 29.1 Å². The van der Waals surface area contributed by atoms with E-state index in [1.54, 1.807) is 4.57 Å². The number of hydrogen-bond acceptors (Lipinski definition) is 7. The highest BCUT2D eigenvalue weighted by molar-refractivity contribution is 7.11. The number of nitrogens with zero attached hydrogens (tertiary/aromatic N) is 4. The zero-order valence-corrected chi connectivity index (χ0v) is 19.3. The molecule has 5 rings (SSSR count). The molecule has 1 saturated carbocycles. The van der Waals surface area contributed by atoms with Gasteiger partial charge in [0.2, 0.25) is 0 Å². The quantitative estimate of drug-likeness (QED) is 0.638. The van der Waals surface area contributed by atoms with E-state index in [0.29, 0.717) is 31.4 Å². The minimum atomic E-state index is -5.08. The highest BCUT2D eigenvalue weighted by Gasteiger charge is 2.43. The Labute approximate surface area is 196 Å². The van der Waals surface area contributed by atoms with Crippen LogP contribution in [0.1, 0.15) is 34.8 Å². The van der Waals surface area contributed by atoms with Gasteiger partial charge in [0.1, 0.15) is 12.2 Å². The van der Waals surface area contributed by atoms with Gasteiger partial charge in [0.05, 0.1) is 6.54 Å². The van der Waals surface area contributed by atoms with Crippen LogP contribution in [0, 0.1) is 12.8 Å². The lowest BCUT2D eigenvalue weighted by Gasteiger charge is -2.35. The zero-order chi connectivity index (χ0) is 24.7. The fourth-order valence-corrected chi connectivity index (χ4v) is 5.10. The summed E-state index contributed by atoms with van der Waals surface area (Å²) in [4.78, 5) is 39.1. The molecule has 34 heavy (non-hydrogen) atoms. The summed E-state index contributed by atoms with van der Waals surface area (Å²) in [5.41, 5.74) is -1.33. The van der Waals surface area contributed by atoms with Crippen LogP contribution in [0.2, 0.25) is 0 Å². The second-order valence-corrected chi connectivity index (χ2v) is 10.4. The average molecular weight is 503 g/mol. The van der Waals surface area contributed by atoms with Crippen LogP contribution in [0.15, 0.2) is 21.7 Å². The van der Waals surface area contributed by atoms with E-state index in [-0.39, 0.29) is 5.60 Å². The molecule has 3 aliphatic rings. The number of fused-ring (bicyclic) bond motifs is 1. The largest absolute Gasteiger partial charge is 0.490 e. The highest BCUT2D eigenvalue weighted by Crippen LogP contribution is 2.33. The highest BCUT2D eigenvalue weighted by atomic mass is 32.1. The van der Waals surface area contributed by atoms with Crippen LogP contribution in [-0.4, -0.2) is 55.2 Å². The van der Waals surface area contributed by atoms with Crippen molar-refractivity contribution in [3.63, 3.8) is 0 Å². The van der Waals surface area contributed by atoms with Crippen molar-refractivity contribution in [1.82, 2.24) is 19.2 Å². The summed E-state index contributed by atoms with van der Waals surface area (Å²) >= 11 is 1.82. The van der Waals surface area contributed by atoms with Gasteiger partial charge in [0.15, 0.2) is 5.82 Å². The summed E-state index contributed by atoms with van der Waals surface area (Å²) < 4.78 is 40.9. The molecule has 2 aromatic rings. The maximum Gasteiger partial charge on any atom is 0.490 e. The van der Waals surface area contributed by atoms with E-state index in [0.717, 1.165) is 38.9 Å². The molecule has 4 heterocycles. The van der Waals surface area contributed by atoms with Gasteiger partial charge < -0.3 is 9.84 Å². The van der Waals surface area contributed by atoms with Gasteiger partial charge in [0.25, 0.3) is 0 Å². The van der Waals surface area contributed by atoms with Gasteiger partial charge in [-0.15, -0.1) is 11.3 Å². The Kier molecular flexibility index (Phi) is 6.71. The Balaban J connectivity index is 0.000000344. The molecule has 1 unspecified atom stereocenters. The lowest BCUT2D eigenvalue weighted by Crippen LogP contribution is -2.53. The molecule has 2 aliphatic heterocycles. The van der Waals surface area contributed by atoms with Crippen LogP contribution in [0.4, 0.5) is 13.2 Å². The number of thiophene rings is 1. The molecule has 186 valence electrons. The molecule has 0 amide bonds. The monoisotopic (exact) mass is 502 g/mol. The maximum atomic E-state index is 12.7. The first-order valence-corrected chi connectivity index (χ1v) is 11.7. The molecule has 1 N–H and O–H groups in total. The van der Waals surface area contributed by atoms with Crippen LogP contribution < -0.4 is 11.1 Å². The van der Waals surface area contributed by atoms with Crippen LogP contribution in [0.25, 0.3) is 0 Å². The molecule has 1 atom stereocenters. The first-order valence-electron chi connectivity index (χ1n) is 10.9. The van der Waals surface area contributed by atoms with Crippen molar-refractivity contribution in [3.8, 4) is 0 Å². The van der Waals surface area contributed by atoms with E-state index < -0.39 is 23.3 Å². The zero-order valence-electron chi connectivity index (χ0n) is 18.5. The molecule has 2 aromatic heterocycles. The number of alkyl halides is 3. The van der Waals surface area contributed by atoms with Gasteiger partial charge in [-0.1, -0.05) is 0 Å². The topological polar surface area (TPSA) is 107 Å². The molecule has 0 aromatic carbocycles. The minimum Gasteiger partial charge on any atom is -0.475 e. The van der Waals surface area contributed by atoms with Gasteiger partial charge >= 0.3 is 23.3 Å². The Morgan fingerprint density at radius 3 is 2.56 bits per heavy atom. The van der Waals surface area contributed by atoms with Crippen LogP contribution in [0.5, 0.6) is 0 Å². The Morgan fingerprint density at radius 1 is 1.26 bits per heavy atom. The molecular formula is C21H25F3N4O5S. The standard InChI is InChI=1S/C19H24N4O3S.C2HF3O2/c1-13-2-5-15(27-13)9-21-7-6-19(11-21)12-22-16(10-26-19)20-23(8-14-3-4-14)18(25)17(22)24;3-2(4,5)1(6)7/h2,5,14H,3-4,6-12H2,1H3;(H,6,7). The molecule has 1 aliphatic carbocycles. The predicted molar refractivity (Wildman–Crippen MR) is 116 cm³/mol. The number of carboxylic acids is 1. The van der Waals surface area contributed by atoms with E-state index in [4.69, 9.17) is 14.6 Å². The first-order chi connectivity index (χ1) is 16.0. The van der Waals surface area contributed by atoms with E-state index in [9.17, 15) is 22.8 Å². The smallest absolute Gasteiger partial charge is 0.475 e. The van der Waals surface area contributed by atoms with Gasteiger partial charge in [-0.3, -0.25) is 19.1 Å². The second-order valence-electron chi connectivity index (χ2n) is 8.99. The number of halogens is 3. The van der Waals surface area contributed by atoms with Crippen LogP contribution in [-0.2, 0) is 35.8 Å². The number of hydrogen-bond donors (Lipinski definition) is 1. The first kappa shape index (κ1) is 24.6. The fraction of sp³-hybridized carbons (Fsp3) is 0.619. The Morgan fingerprint density at radius 2 is 1.97 bits per heavy atom. The molecule has 2 fully saturated rings. The SMILES string of the molecule is Cc1ccc(CN2CCC3(C2)Cn2c(nn(CC4CC4)c(=O)c2=O)CO3)s1.O=C(O)C(F)(F)F. The van der Waals surface area contributed by atoms with Gasteiger partial charge in [-0.25, -0.2) is 9.48 Å². The summed E-state index contributed by atoms with van der Waals surface area (Å²) in [6.45, 7) is 6.03. The summed E-state index contributed by atoms with van der Waals surface area (Å²) in [6, 6.07) is 4.33. The third-order valence-corrected chi connectivity index (χ3v) is 7.09. The number of carboxylic acid groups (broad SMARTS) is 1. The number of aryl methyl sites for hydroxylation is 1. The predicted octanol–water partition coefficient (Wildman–Crippen LogP) is 1.99. The van der Waals surface area contributed by atoms with Crippen molar-refractivity contribution < 1.29 is 27.8 Å². The van der Waals surface area contributed by atoms with Gasteiger partial charge in [0, 0.05) is 35.9 Å². The molecule has 1 saturated heterocycles. The molecule has 9 nitrogen and oxygen atoms in total. The van der Waals surface area contributed by atoms with E-state index >= 15 is 0 Å². The summed E-state index contributed by atoms with van der Waals surface area (Å²) in [5.74, 6) is -1.68. The number of carbonyl (C=O) groups is 1. The van der Waals surface area contributed by atoms with Crippen molar-refractivity contribution in [2.75, 3.05) is 13.1 Å². The third kappa shape index (κ3) is 5.58. The number of ether oxygens (including phenoxy) is 1. The van der Waals surface area contributed by atoms with Crippen molar-refractivity contribution in [2.45, 2.75) is 64.2 Å². The van der Waals surface area contributed by atoms with Crippen LogP contribution in [0.3, 0.4) is 0 Å². The van der Waals surface area contributed by atoms with Crippen LogP contribution >= 0.6 is 11.3 Å². The molecule has 13 heteroatoms. The average Bonchev–Trinajstić information content (AvgIpc) is 3.37. The Hall–Kier alpha value is -2.51. The lowest BCUT2D eigenvalue weighted by molar-refractivity contribution is -0.192. The normalized spacial score (nSPS) is 22.4. The molecule has 1 spiro atoms. The second kappa shape index (κ2) is 9.27. The molecule has 0 bridgehead atoms. The lowest BCUT2D eigenvalue weighted by atomic mass is 10.0. The molecule has 0 radical (unpaired) electrons. The minimum absolute atomic E-state index is 0.298. The van der Waals surface area contributed by atoms with Crippen molar-refractivity contribution >= 4 is 17.3 Å². The maximum absolute atomic E-state index is 12.7. The number of aromatic nitrogens is 3. The summed E-state index contributed by atoms with van der Waals surface area (Å²) in [7, 11) is 0. The van der Waals surface area contributed by atoms with E-state index in [1.165, 1.54) is 14.4 Å². The van der Waals surface area contributed by atoms with Gasteiger partial charge in [-0.2, -0.15) is 18.3 Å². The number of aliphatic carboxylic acids is 1. The number of rotatable bonds is 4. The van der Waals surface area contributed by atoms with Crippen molar-refractivity contribution in [2.24, 2.45) is 5.92 Å². The number of likely N-dealkylation sites (tertiary alicyclic amines) is 1. The third-order valence-electron chi connectivity index (χ3n) is 6.11. The Bertz CT molecular complexity index is 1190. The van der Waals surface area contributed by atoms with E-state index in [1.807, 2.05) is 11.3 Å². The summed E-state index contributed by atoms with van der Waals surface area (Å²) in [5, 5.41) is 11.6. The van der Waals surface area contributed by atoms with Crippen molar-refractivity contribution in [1.29, 1.82) is 0 Å². The molecular weight excluding hydrogens is 477 g/mol. The van der Waals surface area contributed by atoms with Gasteiger partial charge in [-0.05, 0) is 44.2 Å².